The molecule has 116 valence electrons. The highest BCUT2D eigenvalue weighted by Gasteiger charge is 2.39. The van der Waals surface area contributed by atoms with E-state index in [0.29, 0.717) is 23.6 Å². The second-order valence-corrected chi connectivity index (χ2v) is 5.91. The highest BCUT2D eigenvalue weighted by molar-refractivity contribution is 6.30. The monoisotopic (exact) mass is 320 g/mol. The molecule has 2 N–H and O–H groups in total. The molecule has 1 aromatic rings. The predicted octanol–water partition coefficient (Wildman–Crippen LogP) is 2.87. The van der Waals surface area contributed by atoms with Crippen LogP contribution in [0.25, 0.3) is 0 Å². The third-order valence-corrected chi connectivity index (χ3v) is 4.17. The number of halogens is 1. The maximum Gasteiger partial charge on any atom is 0.321 e. The summed E-state index contributed by atoms with van der Waals surface area (Å²) in [6.07, 6.45) is 2.01. The third kappa shape index (κ3) is 4.16. The van der Waals surface area contributed by atoms with Gasteiger partial charge in [-0.05, 0) is 36.6 Å². The van der Waals surface area contributed by atoms with Gasteiger partial charge in [0.1, 0.15) is 0 Å². The predicted molar refractivity (Wildman–Crippen MR) is 86.5 cm³/mol. The standard InChI is InChI=1S/C15H18BClN2O3/c16-7-1-2-10-8-19(9-13(10)14(20)21)15(22)18-12-5-3-11(17)4-6-12/h3-6,10,13H,1-2,7-9H2,(H,18,22)(H,20,21)/t10-,13+/m0/s1. The molecule has 0 aromatic heterocycles. The van der Waals surface area contributed by atoms with Gasteiger partial charge in [-0.15, -0.1) is 0 Å². The molecule has 1 heterocycles. The van der Waals surface area contributed by atoms with Crippen molar-refractivity contribution in [3.63, 3.8) is 0 Å². The SMILES string of the molecule is [B]CCC[C@H]1CN(C(=O)Nc2ccc(Cl)cc2)C[C@H]1C(=O)O. The van der Waals surface area contributed by atoms with Gasteiger partial charge in [0.15, 0.2) is 0 Å². The summed E-state index contributed by atoms with van der Waals surface area (Å²) in [7, 11) is 5.49. The molecular weight excluding hydrogens is 302 g/mol. The van der Waals surface area contributed by atoms with Crippen molar-refractivity contribution in [3.05, 3.63) is 29.3 Å². The minimum Gasteiger partial charge on any atom is -0.481 e. The lowest BCUT2D eigenvalue weighted by atomic mass is 9.88. The maximum absolute atomic E-state index is 12.3. The van der Waals surface area contributed by atoms with Crippen molar-refractivity contribution >= 4 is 37.1 Å². The summed E-state index contributed by atoms with van der Waals surface area (Å²) < 4.78 is 0. The second-order valence-electron chi connectivity index (χ2n) is 5.48. The number of carboxylic acid groups (broad SMARTS) is 1. The Morgan fingerprint density at radius 2 is 2.00 bits per heavy atom. The number of carbonyl (C=O) groups is 2. The molecule has 1 saturated heterocycles. The Labute approximate surface area is 136 Å². The molecule has 0 spiro atoms. The Morgan fingerprint density at radius 3 is 2.59 bits per heavy atom. The number of aliphatic carboxylic acids is 1. The summed E-state index contributed by atoms with van der Waals surface area (Å²) in [4.78, 5) is 25.1. The summed E-state index contributed by atoms with van der Waals surface area (Å²) in [6.45, 7) is 0.667. The van der Waals surface area contributed by atoms with Crippen LogP contribution in [0.15, 0.2) is 24.3 Å². The van der Waals surface area contributed by atoms with E-state index in [4.69, 9.17) is 19.4 Å². The van der Waals surface area contributed by atoms with Crippen LogP contribution in [0.3, 0.4) is 0 Å². The first-order chi connectivity index (χ1) is 10.5. The Balaban J connectivity index is 1.98. The van der Waals surface area contributed by atoms with Gasteiger partial charge in [-0.3, -0.25) is 4.79 Å². The van der Waals surface area contributed by atoms with Crippen molar-refractivity contribution in [2.75, 3.05) is 18.4 Å². The smallest absolute Gasteiger partial charge is 0.321 e. The van der Waals surface area contributed by atoms with Crippen LogP contribution in [-0.2, 0) is 4.79 Å². The summed E-state index contributed by atoms with van der Waals surface area (Å²) in [6, 6.07) is 6.49. The van der Waals surface area contributed by atoms with Gasteiger partial charge in [0, 0.05) is 23.8 Å². The highest BCUT2D eigenvalue weighted by Crippen LogP contribution is 2.28. The molecule has 1 fully saturated rings. The number of carbonyl (C=O) groups excluding carboxylic acids is 1. The minimum absolute atomic E-state index is 0.0444. The van der Waals surface area contributed by atoms with Gasteiger partial charge in [0.2, 0.25) is 0 Å². The zero-order valence-corrected chi connectivity index (χ0v) is 12.9. The number of nitrogens with zero attached hydrogens (tertiary/aromatic N) is 1. The number of hydrogen-bond donors (Lipinski definition) is 2. The lowest BCUT2D eigenvalue weighted by Gasteiger charge is -2.17. The van der Waals surface area contributed by atoms with Gasteiger partial charge in [-0.1, -0.05) is 24.3 Å². The van der Waals surface area contributed by atoms with E-state index in [9.17, 15) is 14.7 Å². The maximum atomic E-state index is 12.3. The van der Waals surface area contributed by atoms with E-state index in [2.05, 4.69) is 5.32 Å². The topological polar surface area (TPSA) is 69.6 Å². The number of benzene rings is 1. The summed E-state index contributed by atoms with van der Waals surface area (Å²) in [5.41, 5.74) is 0.631. The molecule has 2 rings (SSSR count). The molecule has 5 nitrogen and oxygen atoms in total. The zero-order valence-electron chi connectivity index (χ0n) is 12.2. The number of likely N-dealkylation sites (tertiary alicyclic amines) is 1. The summed E-state index contributed by atoms with van der Waals surface area (Å²) in [5, 5.41) is 12.6. The van der Waals surface area contributed by atoms with Crippen molar-refractivity contribution < 1.29 is 14.7 Å². The Hall–Kier alpha value is -1.69. The molecule has 22 heavy (non-hydrogen) atoms. The van der Waals surface area contributed by atoms with E-state index in [1.165, 1.54) is 0 Å². The van der Waals surface area contributed by atoms with Gasteiger partial charge in [-0.25, -0.2) is 4.79 Å². The van der Waals surface area contributed by atoms with Gasteiger partial charge >= 0.3 is 12.0 Å². The van der Waals surface area contributed by atoms with Gasteiger partial charge in [0.05, 0.1) is 13.8 Å². The Kier molecular flexibility index (Phi) is 5.72. The number of carboxylic acids is 1. The highest BCUT2D eigenvalue weighted by atomic mass is 35.5. The molecule has 0 bridgehead atoms. The fourth-order valence-electron chi connectivity index (χ4n) is 2.73. The third-order valence-electron chi connectivity index (χ3n) is 3.92. The average Bonchev–Trinajstić information content (AvgIpc) is 2.92. The second kappa shape index (κ2) is 7.54. The van der Waals surface area contributed by atoms with Crippen molar-refractivity contribution in [1.82, 2.24) is 4.90 Å². The number of hydrogen-bond acceptors (Lipinski definition) is 2. The van der Waals surface area contributed by atoms with Crippen LogP contribution in [0, 0.1) is 11.8 Å². The quantitative estimate of drug-likeness (QED) is 0.820. The molecule has 2 amide bonds. The molecule has 1 aliphatic heterocycles. The first-order valence-electron chi connectivity index (χ1n) is 7.25. The van der Waals surface area contributed by atoms with E-state index in [1.54, 1.807) is 29.2 Å². The lowest BCUT2D eigenvalue weighted by molar-refractivity contribution is -0.142. The molecule has 2 radical (unpaired) electrons. The summed E-state index contributed by atoms with van der Waals surface area (Å²) >= 11 is 5.80. The Bertz CT molecular complexity index is 538. The van der Waals surface area contributed by atoms with Crippen LogP contribution in [0.4, 0.5) is 10.5 Å². The molecular formula is C15H18BClN2O3. The largest absolute Gasteiger partial charge is 0.481 e. The first kappa shape index (κ1) is 16.7. The number of amides is 2. The lowest BCUT2D eigenvalue weighted by Crippen LogP contribution is -2.33. The molecule has 0 unspecified atom stereocenters. The zero-order chi connectivity index (χ0) is 16.1. The van der Waals surface area contributed by atoms with Crippen LogP contribution in [-0.4, -0.2) is 42.9 Å². The van der Waals surface area contributed by atoms with Crippen molar-refractivity contribution in [1.29, 1.82) is 0 Å². The molecule has 0 saturated carbocycles. The number of urea groups is 1. The first-order valence-corrected chi connectivity index (χ1v) is 7.63. The fourth-order valence-corrected chi connectivity index (χ4v) is 2.85. The number of anilines is 1. The molecule has 1 aromatic carbocycles. The normalized spacial score (nSPS) is 20.9. The fraction of sp³-hybridized carbons (Fsp3) is 0.467. The van der Waals surface area contributed by atoms with Crippen LogP contribution in [0.1, 0.15) is 12.8 Å². The summed E-state index contributed by atoms with van der Waals surface area (Å²) in [5.74, 6) is -1.43. The van der Waals surface area contributed by atoms with Crippen molar-refractivity contribution in [2.45, 2.75) is 19.2 Å². The van der Waals surface area contributed by atoms with E-state index >= 15 is 0 Å². The Morgan fingerprint density at radius 1 is 1.32 bits per heavy atom. The van der Waals surface area contributed by atoms with E-state index in [1.807, 2.05) is 0 Å². The van der Waals surface area contributed by atoms with E-state index < -0.39 is 11.9 Å². The van der Waals surface area contributed by atoms with Crippen molar-refractivity contribution in [3.8, 4) is 0 Å². The van der Waals surface area contributed by atoms with E-state index in [-0.39, 0.29) is 18.5 Å². The van der Waals surface area contributed by atoms with Crippen LogP contribution < -0.4 is 5.32 Å². The number of rotatable bonds is 5. The molecule has 1 aliphatic rings. The van der Waals surface area contributed by atoms with Gasteiger partial charge in [-0.2, -0.15) is 0 Å². The molecule has 7 heteroatoms. The van der Waals surface area contributed by atoms with Crippen LogP contribution >= 0.6 is 11.6 Å². The van der Waals surface area contributed by atoms with Gasteiger partial charge in [0.25, 0.3) is 0 Å². The molecule has 2 atom stereocenters. The van der Waals surface area contributed by atoms with Gasteiger partial charge < -0.3 is 15.3 Å². The molecule has 0 aliphatic carbocycles. The van der Waals surface area contributed by atoms with E-state index in [0.717, 1.165) is 12.8 Å². The van der Waals surface area contributed by atoms with Crippen LogP contribution in [0.2, 0.25) is 11.3 Å². The minimum atomic E-state index is -0.858. The van der Waals surface area contributed by atoms with Crippen LogP contribution in [0.5, 0.6) is 0 Å². The number of nitrogens with one attached hydrogen (secondary N) is 1. The average molecular weight is 321 g/mol. The van der Waals surface area contributed by atoms with Crippen molar-refractivity contribution in [2.24, 2.45) is 11.8 Å².